The van der Waals surface area contributed by atoms with E-state index in [1.165, 1.54) is 6.08 Å². The predicted molar refractivity (Wildman–Crippen MR) is 55.1 cm³/mol. The second kappa shape index (κ2) is 5.47. The molecule has 0 aromatic heterocycles. The third-order valence-corrected chi connectivity index (χ3v) is 4.25. The summed E-state index contributed by atoms with van der Waals surface area (Å²) in [6, 6.07) is 0. The maximum atomic E-state index is 10.8. The topological polar surface area (TPSA) is 91.7 Å². The van der Waals surface area contributed by atoms with E-state index < -0.39 is 26.2 Å². The van der Waals surface area contributed by atoms with Gasteiger partial charge in [0, 0.05) is 6.08 Å². The molecule has 0 aliphatic rings. The number of carboxylic acids is 1. The van der Waals surface area contributed by atoms with Gasteiger partial charge in [-0.2, -0.15) is 8.42 Å². The van der Waals surface area contributed by atoms with Gasteiger partial charge in [-0.15, -0.1) is 0 Å². The predicted octanol–water partition coefficient (Wildman–Crippen LogP) is 1.06. The summed E-state index contributed by atoms with van der Waals surface area (Å²) in [5.74, 6) is -1.17. The first kappa shape index (κ1) is 13.6. The van der Waals surface area contributed by atoms with Crippen LogP contribution in [0.25, 0.3) is 0 Å². The van der Waals surface area contributed by atoms with E-state index >= 15 is 0 Å². The number of halogens is 1. The van der Waals surface area contributed by atoms with Crippen molar-refractivity contribution in [1.29, 1.82) is 0 Å². The Kier molecular flexibility index (Phi) is 5.32. The fourth-order valence-electron chi connectivity index (χ4n) is 0.898. The molecule has 0 spiro atoms. The number of rotatable bonds is 5. The van der Waals surface area contributed by atoms with Gasteiger partial charge in [-0.05, 0) is 6.42 Å². The largest absolute Gasteiger partial charge is 0.478 e. The molecule has 2 unspecified atom stereocenters. The zero-order valence-corrected chi connectivity index (χ0v) is 9.82. The quantitative estimate of drug-likeness (QED) is 0.448. The Labute approximate surface area is 90.7 Å². The highest BCUT2D eigenvalue weighted by atomic mass is 79.9. The van der Waals surface area contributed by atoms with E-state index in [-0.39, 0.29) is 6.42 Å². The van der Waals surface area contributed by atoms with Crippen LogP contribution in [0.2, 0.25) is 0 Å². The lowest BCUT2D eigenvalue weighted by atomic mass is 10.2. The van der Waals surface area contributed by atoms with Crippen LogP contribution in [0.4, 0.5) is 0 Å². The van der Waals surface area contributed by atoms with E-state index in [4.69, 9.17) is 9.66 Å². The van der Waals surface area contributed by atoms with Crippen molar-refractivity contribution in [2.24, 2.45) is 0 Å². The molecular formula is C7H11BrO5S. The Morgan fingerprint density at radius 2 is 2.07 bits per heavy atom. The smallest absolute Gasteiger partial charge is 0.328 e. The molecule has 0 rings (SSSR count). The molecule has 14 heavy (non-hydrogen) atoms. The van der Waals surface area contributed by atoms with Gasteiger partial charge in [-0.25, -0.2) is 4.79 Å². The molecule has 0 aliphatic heterocycles. The third-order valence-electron chi connectivity index (χ3n) is 1.56. The lowest BCUT2D eigenvalue weighted by Crippen LogP contribution is -2.28. The second-order valence-electron chi connectivity index (χ2n) is 2.60. The van der Waals surface area contributed by atoms with Crippen LogP contribution in [-0.2, 0) is 14.9 Å². The van der Waals surface area contributed by atoms with Crippen molar-refractivity contribution in [3.63, 3.8) is 0 Å². The molecule has 0 saturated carbocycles. The summed E-state index contributed by atoms with van der Waals surface area (Å²) in [5, 5.41) is 7.27. The van der Waals surface area contributed by atoms with Crippen LogP contribution in [-0.4, -0.2) is 34.1 Å². The minimum Gasteiger partial charge on any atom is -0.478 e. The van der Waals surface area contributed by atoms with Crippen LogP contribution in [0, 0.1) is 0 Å². The Balaban J connectivity index is 4.65. The molecule has 0 aromatic rings. The van der Waals surface area contributed by atoms with Crippen LogP contribution in [0.15, 0.2) is 12.2 Å². The Hall–Kier alpha value is -0.400. The standard InChI is InChI=1S/C7H11BrO5S/c1-2-6(14(11,12)13)5(8)3-4-7(9)10/h3-6H,2H2,1H3,(H,9,10)(H,11,12,13). The maximum Gasteiger partial charge on any atom is 0.328 e. The fourth-order valence-corrected chi connectivity index (χ4v) is 3.08. The van der Waals surface area contributed by atoms with Gasteiger partial charge in [-0.3, -0.25) is 4.55 Å². The summed E-state index contributed by atoms with van der Waals surface area (Å²) >= 11 is 2.98. The Morgan fingerprint density at radius 3 is 2.36 bits per heavy atom. The molecule has 0 aromatic carbocycles. The van der Waals surface area contributed by atoms with Crippen molar-refractivity contribution in [2.45, 2.75) is 23.4 Å². The monoisotopic (exact) mass is 286 g/mol. The third kappa shape index (κ3) is 4.73. The minimum atomic E-state index is -4.15. The first-order valence-electron chi connectivity index (χ1n) is 3.80. The summed E-state index contributed by atoms with van der Waals surface area (Å²) in [7, 11) is -4.15. The van der Waals surface area contributed by atoms with E-state index in [0.29, 0.717) is 0 Å². The molecule has 82 valence electrons. The average Bonchev–Trinajstić information content (AvgIpc) is 1.99. The molecule has 0 amide bonds. The molecule has 0 aliphatic carbocycles. The molecule has 0 heterocycles. The normalized spacial score (nSPS) is 16.8. The highest BCUT2D eigenvalue weighted by Crippen LogP contribution is 2.17. The summed E-state index contributed by atoms with van der Waals surface area (Å²) < 4.78 is 30.4. The van der Waals surface area contributed by atoms with Crippen LogP contribution >= 0.6 is 15.9 Å². The number of carbonyl (C=O) groups is 1. The lowest BCUT2D eigenvalue weighted by molar-refractivity contribution is -0.131. The van der Waals surface area contributed by atoms with Gasteiger partial charge in [-0.1, -0.05) is 28.9 Å². The van der Waals surface area contributed by atoms with Gasteiger partial charge in [0.2, 0.25) is 0 Å². The van der Waals surface area contributed by atoms with Crippen molar-refractivity contribution in [1.82, 2.24) is 0 Å². The number of allylic oxidation sites excluding steroid dienone is 1. The van der Waals surface area contributed by atoms with Gasteiger partial charge in [0.1, 0.15) is 5.25 Å². The van der Waals surface area contributed by atoms with E-state index in [0.717, 1.165) is 6.08 Å². The number of hydrogen-bond donors (Lipinski definition) is 2. The van der Waals surface area contributed by atoms with Crippen LogP contribution < -0.4 is 0 Å². The zero-order chi connectivity index (χ0) is 11.4. The SMILES string of the molecule is CCC(C(Br)C=CC(=O)O)S(=O)(=O)O. The van der Waals surface area contributed by atoms with Gasteiger partial charge in [0.15, 0.2) is 0 Å². The molecule has 0 saturated heterocycles. The van der Waals surface area contributed by atoms with Crippen molar-refractivity contribution < 1.29 is 22.9 Å². The molecule has 5 nitrogen and oxygen atoms in total. The van der Waals surface area contributed by atoms with Crippen molar-refractivity contribution >= 4 is 32.0 Å². The zero-order valence-electron chi connectivity index (χ0n) is 7.42. The number of alkyl halides is 1. The van der Waals surface area contributed by atoms with Crippen molar-refractivity contribution in [2.75, 3.05) is 0 Å². The molecule has 0 radical (unpaired) electrons. The van der Waals surface area contributed by atoms with E-state index in [2.05, 4.69) is 15.9 Å². The van der Waals surface area contributed by atoms with Gasteiger partial charge >= 0.3 is 5.97 Å². The molecule has 2 atom stereocenters. The molecule has 0 fully saturated rings. The van der Waals surface area contributed by atoms with Crippen LogP contribution in [0.3, 0.4) is 0 Å². The average molecular weight is 287 g/mol. The Morgan fingerprint density at radius 1 is 1.57 bits per heavy atom. The molecule has 2 N–H and O–H groups in total. The molecular weight excluding hydrogens is 276 g/mol. The summed E-state index contributed by atoms with van der Waals surface area (Å²) in [4.78, 5) is 9.44. The fraction of sp³-hybridized carbons (Fsp3) is 0.571. The molecule has 7 heteroatoms. The van der Waals surface area contributed by atoms with Crippen LogP contribution in [0.1, 0.15) is 13.3 Å². The summed E-state index contributed by atoms with van der Waals surface area (Å²) in [6.45, 7) is 1.58. The molecule has 0 bridgehead atoms. The van der Waals surface area contributed by atoms with E-state index in [1.807, 2.05) is 0 Å². The second-order valence-corrected chi connectivity index (χ2v) is 5.30. The maximum absolute atomic E-state index is 10.8. The van der Waals surface area contributed by atoms with Crippen molar-refractivity contribution in [3.05, 3.63) is 12.2 Å². The van der Waals surface area contributed by atoms with E-state index in [1.54, 1.807) is 6.92 Å². The van der Waals surface area contributed by atoms with Gasteiger partial charge in [0.25, 0.3) is 10.1 Å². The van der Waals surface area contributed by atoms with E-state index in [9.17, 15) is 13.2 Å². The number of carboxylic acid groups (broad SMARTS) is 1. The van der Waals surface area contributed by atoms with Crippen LogP contribution in [0.5, 0.6) is 0 Å². The summed E-state index contributed by atoms with van der Waals surface area (Å²) in [5.41, 5.74) is 0. The lowest BCUT2D eigenvalue weighted by Gasteiger charge is -2.14. The summed E-state index contributed by atoms with van der Waals surface area (Å²) in [6.07, 6.45) is 2.19. The Bertz CT molecular complexity index is 321. The highest BCUT2D eigenvalue weighted by molar-refractivity contribution is 9.09. The van der Waals surface area contributed by atoms with Crippen molar-refractivity contribution in [3.8, 4) is 0 Å². The number of hydrogen-bond acceptors (Lipinski definition) is 3. The highest BCUT2D eigenvalue weighted by Gasteiger charge is 2.27. The first-order chi connectivity index (χ1) is 6.29. The van der Waals surface area contributed by atoms with Gasteiger partial charge < -0.3 is 5.11 Å². The number of aliphatic carboxylic acids is 1. The van der Waals surface area contributed by atoms with Gasteiger partial charge in [0.05, 0.1) is 4.83 Å². The first-order valence-corrected chi connectivity index (χ1v) is 6.22. The minimum absolute atomic E-state index is 0.193.